The summed E-state index contributed by atoms with van der Waals surface area (Å²) in [6.45, 7) is 2.51. The molecular formula is C48H65N9O13. The van der Waals surface area contributed by atoms with Crippen molar-refractivity contribution in [1.29, 1.82) is 0 Å². The van der Waals surface area contributed by atoms with Crippen LogP contribution in [0.15, 0.2) is 84.9 Å². The summed E-state index contributed by atoms with van der Waals surface area (Å²) < 4.78 is 0. The fourth-order valence-corrected chi connectivity index (χ4v) is 7.11. The summed E-state index contributed by atoms with van der Waals surface area (Å²) in [4.78, 5) is 120. The van der Waals surface area contributed by atoms with Crippen LogP contribution < -0.4 is 48.7 Å². The molecule has 3 aromatic carbocycles. The molecule has 22 nitrogen and oxygen atoms in total. The Kier molecular flexibility index (Phi) is 23.9. The SMILES string of the molecule is CC(C)C[C@H](NC(=O)CN)C(=O)N[C@@H](CO)C(=O)N[C@@H](Cc1ccccc1)C(=O)N[C@@H](CC(=O)O)C(=O)N[C@@H](Cc1ccccc1)C(=O)N[C@@H](Cc1ccc(O)cc1)C(=O)N[C@@H](CCCCN)C(=O)O. The van der Waals surface area contributed by atoms with Crippen LogP contribution in [0.5, 0.6) is 5.75 Å². The number of carboxylic acids is 2. The number of nitrogens with two attached hydrogens (primary N) is 2. The monoisotopic (exact) mass is 975 g/mol. The van der Waals surface area contributed by atoms with Crippen molar-refractivity contribution in [2.45, 2.75) is 108 Å². The van der Waals surface area contributed by atoms with Crippen LogP contribution in [-0.4, -0.2) is 136 Å². The molecule has 0 unspecified atom stereocenters. The quantitative estimate of drug-likeness (QED) is 0.0338. The van der Waals surface area contributed by atoms with Crippen molar-refractivity contribution in [2.75, 3.05) is 19.7 Å². The fourth-order valence-electron chi connectivity index (χ4n) is 7.11. The van der Waals surface area contributed by atoms with Gasteiger partial charge in [-0.15, -0.1) is 0 Å². The number of rotatable bonds is 30. The average molecular weight is 976 g/mol. The third-order valence-corrected chi connectivity index (χ3v) is 10.8. The maximum Gasteiger partial charge on any atom is 0.326 e. The number of aromatic hydroxyl groups is 1. The molecule has 7 amide bonds. The minimum atomic E-state index is -1.89. The Balaban J connectivity index is 1.95. The zero-order valence-electron chi connectivity index (χ0n) is 39.1. The van der Waals surface area contributed by atoms with Gasteiger partial charge in [-0.05, 0) is 67.0 Å². The number of carboxylic acid groups (broad SMARTS) is 2. The lowest BCUT2D eigenvalue weighted by Crippen LogP contribution is -2.61. The van der Waals surface area contributed by atoms with E-state index in [0.29, 0.717) is 36.1 Å². The van der Waals surface area contributed by atoms with E-state index in [2.05, 4.69) is 37.2 Å². The van der Waals surface area contributed by atoms with Gasteiger partial charge in [0.2, 0.25) is 41.4 Å². The van der Waals surface area contributed by atoms with Gasteiger partial charge >= 0.3 is 11.9 Å². The number of carbonyl (C=O) groups is 9. The number of phenolic OH excluding ortho intramolecular Hbond substituents is 1. The zero-order chi connectivity index (χ0) is 51.8. The van der Waals surface area contributed by atoms with Gasteiger partial charge in [0.1, 0.15) is 48.0 Å². The van der Waals surface area contributed by atoms with Crippen LogP contribution in [0.4, 0.5) is 0 Å². The average Bonchev–Trinajstić information content (AvgIpc) is 3.32. The third kappa shape index (κ3) is 20.0. The predicted molar refractivity (Wildman–Crippen MR) is 254 cm³/mol. The summed E-state index contributed by atoms with van der Waals surface area (Å²) in [5.41, 5.74) is 12.5. The molecule has 70 heavy (non-hydrogen) atoms. The van der Waals surface area contributed by atoms with Crippen LogP contribution in [-0.2, 0) is 62.4 Å². The topological polar surface area (TPSA) is 371 Å². The molecule has 0 saturated carbocycles. The first-order valence-corrected chi connectivity index (χ1v) is 22.8. The number of aliphatic hydroxyl groups is 1. The molecule has 22 heteroatoms. The molecule has 7 atom stereocenters. The summed E-state index contributed by atoms with van der Waals surface area (Å²) in [5, 5.41) is 57.1. The van der Waals surface area contributed by atoms with Gasteiger partial charge in [0, 0.05) is 19.3 Å². The van der Waals surface area contributed by atoms with Crippen molar-refractivity contribution in [3.8, 4) is 5.75 Å². The number of hydrogen-bond acceptors (Lipinski definition) is 13. The van der Waals surface area contributed by atoms with Gasteiger partial charge in [0.25, 0.3) is 0 Å². The number of carbonyl (C=O) groups excluding carboxylic acids is 7. The molecule has 0 heterocycles. The number of benzene rings is 3. The molecule has 3 rings (SSSR count). The second-order valence-electron chi connectivity index (χ2n) is 17.0. The largest absolute Gasteiger partial charge is 0.508 e. The molecule has 0 saturated heterocycles. The van der Waals surface area contributed by atoms with Crippen molar-refractivity contribution in [3.63, 3.8) is 0 Å². The van der Waals surface area contributed by atoms with Crippen LogP contribution >= 0.6 is 0 Å². The second-order valence-corrected chi connectivity index (χ2v) is 17.0. The van der Waals surface area contributed by atoms with E-state index in [9.17, 15) is 63.6 Å². The number of amides is 7. The summed E-state index contributed by atoms with van der Waals surface area (Å²) >= 11 is 0. The van der Waals surface area contributed by atoms with Crippen molar-refractivity contribution in [2.24, 2.45) is 17.4 Å². The standard InChI is InChI=1S/C48H65N9O13/c1-28(2)21-34(51-40(60)26-50)42(63)57-39(27-58)47(68)55-36(23-30-13-7-4-8-14-30)45(66)56-38(25-41(61)62)46(67)54-35(22-29-11-5-3-6-12-29)44(65)53-37(24-31-16-18-32(59)19-17-31)43(64)52-33(48(69)70)15-9-10-20-49/h3-8,11-14,16-19,28,33-39,58-59H,9-10,15,20-27,49-50H2,1-2H3,(H,51,60)(H,52,64)(H,53,65)(H,54,67)(H,55,68)(H,56,66)(H,57,63)(H,61,62)(H,69,70)/t33-,34-,35-,36-,37-,38-,39-/m0/s1. The highest BCUT2D eigenvalue weighted by atomic mass is 16.4. The van der Waals surface area contributed by atoms with E-state index in [-0.39, 0.29) is 43.8 Å². The smallest absolute Gasteiger partial charge is 0.326 e. The van der Waals surface area contributed by atoms with E-state index in [1.165, 1.54) is 24.3 Å². The molecule has 0 fully saturated rings. The van der Waals surface area contributed by atoms with Crippen molar-refractivity contribution < 1.29 is 63.6 Å². The summed E-state index contributed by atoms with van der Waals surface area (Å²) in [6, 6.07) is 11.7. The van der Waals surface area contributed by atoms with E-state index in [4.69, 9.17) is 11.5 Å². The van der Waals surface area contributed by atoms with Crippen molar-refractivity contribution in [3.05, 3.63) is 102 Å². The molecule has 0 spiro atoms. The highest BCUT2D eigenvalue weighted by molar-refractivity contribution is 5.98. The van der Waals surface area contributed by atoms with Crippen LogP contribution in [0, 0.1) is 5.92 Å². The van der Waals surface area contributed by atoms with Crippen molar-refractivity contribution >= 4 is 53.3 Å². The zero-order valence-corrected chi connectivity index (χ0v) is 39.1. The lowest BCUT2D eigenvalue weighted by Gasteiger charge is -2.27. The molecule has 15 N–H and O–H groups in total. The Morgan fingerprint density at radius 2 is 0.900 bits per heavy atom. The van der Waals surface area contributed by atoms with Gasteiger partial charge in [-0.1, -0.05) is 86.6 Å². The Labute approximate surface area is 405 Å². The number of nitrogens with one attached hydrogen (secondary N) is 7. The number of phenols is 1. The highest BCUT2D eigenvalue weighted by Gasteiger charge is 2.35. The molecule has 3 aromatic rings. The maximum atomic E-state index is 14.3. The first kappa shape index (κ1) is 56.9. The van der Waals surface area contributed by atoms with E-state index in [1.807, 2.05) is 0 Å². The Morgan fingerprint density at radius 1 is 0.500 bits per heavy atom. The minimum absolute atomic E-state index is 0.0331. The summed E-state index contributed by atoms with van der Waals surface area (Å²) in [5.74, 6) is -9.61. The molecule has 380 valence electrons. The highest BCUT2D eigenvalue weighted by Crippen LogP contribution is 2.14. The van der Waals surface area contributed by atoms with Crippen LogP contribution in [0.3, 0.4) is 0 Å². The second kappa shape index (κ2) is 29.5. The van der Waals surface area contributed by atoms with Gasteiger partial charge in [-0.3, -0.25) is 38.4 Å². The normalized spacial score (nSPS) is 14.0. The summed E-state index contributed by atoms with van der Waals surface area (Å²) in [7, 11) is 0. The molecule has 0 radical (unpaired) electrons. The minimum Gasteiger partial charge on any atom is -0.508 e. The molecular weight excluding hydrogens is 911 g/mol. The molecule has 0 aliphatic heterocycles. The lowest BCUT2D eigenvalue weighted by molar-refractivity contribution is -0.142. The van der Waals surface area contributed by atoms with Gasteiger partial charge in [-0.25, -0.2) is 4.79 Å². The molecule has 0 aromatic heterocycles. The Bertz CT molecular complexity index is 2220. The number of aliphatic carboxylic acids is 2. The Morgan fingerprint density at radius 3 is 1.31 bits per heavy atom. The third-order valence-electron chi connectivity index (χ3n) is 10.8. The lowest BCUT2D eigenvalue weighted by atomic mass is 10.0. The van der Waals surface area contributed by atoms with E-state index >= 15 is 0 Å². The van der Waals surface area contributed by atoms with E-state index in [0.717, 1.165) is 0 Å². The predicted octanol–water partition coefficient (Wildman–Crippen LogP) is -1.50. The first-order valence-electron chi connectivity index (χ1n) is 22.8. The van der Waals surface area contributed by atoms with E-state index < -0.39 is 115 Å². The maximum absolute atomic E-state index is 14.3. The number of hydrogen-bond donors (Lipinski definition) is 13. The Hall–Kier alpha value is -7.43. The number of aliphatic hydroxyl groups excluding tert-OH is 1. The van der Waals surface area contributed by atoms with Crippen molar-refractivity contribution in [1.82, 2.24) is 37.2 Å². The van der Waals surface area contributed by atoms with Crippen LogP contribution in [0.1, 0.15) is 62.6 Å². The molecule has 0 aliphatic rings. The molecule has 0 aliphatic carbocycles. The fraction of sp³-hybridized carbons (Fsp3) is 0.438. The van der Waals surface area contributed by atoms with Gasteiger partial charge in [-0.2, -0.15) is 0 Å². The van der Waals surface area contributed by atoms with Gasteiger partial charge in [0.05, 0.1) is 19.6 Å². The summed E-state index contributed by atoms with van der Waals surface area (Å²) in [6.07, 6.45) is -0.617. The van der Waals surface area contributed by atoms with Crippen LogP contribution in [0.25, 0.3) is 0 Å². The van der Waals surface area contributed by atoms with Gasteiger partial charge in [0.15, 0.2) is 0 Å². The van der Waals surface area contributed by atoms with Crippen LogP contribution in [0.2, 0.25) is 0 Å². The first-order chi connectivity index (χ1) is 33.3. The van der Waals surface area contributed by atoms with E-state index in [1.54, 1.807) is 74.5 Å². The molecule has 0 bridgehead atoms. The van der Waals surface area contributed by atoms with Gasteiger partial charge < -0.3 is 69.1 Å². The number of unbranched alkanes of at least 4 members (excludes halogenated alkanes) is 1.